The highest BCUT2D eigenvalue weighted by atomic mass is 35.5. The van der Waals surface area contributed by atoms with E-state index in [0.717, 1.165) is 11.6 Å². The van der Waals surface area contributed by atoms with Gasteiger partial charge in [-0.3, -0.25) is 0 Å². The van der Waals surface area contributed by atoms with Gasteiger partial charge in [-0.15, -0.1) is 0 Å². The van der Waals surface area contributed by atoms with Crippen molar-refractivity contribution in [3.8, 4) is 11.5 Å². The zero-order valence-corrected chi connectivity index (χ0v) is 19.9. The van der Waals surface area contributed by atoms with Gasteiger partial charge in [-0.05, 0) is 30.2 Å². The molecule has 0 spiro atoms. The minimum atomic E-state index is -0.744. The van der Waals surface area contributed by atoms with E-state index >= 15 is 0 Å². The monoisotopic (exact) mass is 495 g/mol. The molecule has 4 rings (SSSR count). The number of esters is 1. The molecule has 1 saturated heterocycles. The van der Waals surface area contributed by atoms with Crippen molar-refractivity contribution in [2.24, 2.45) is 5.16 Å². The van der Waals surface area contributed by atoms with Crippen LogP contribution in [0.3, 0.4) is 0 Å². The van der Waals surface area contributed by atoms with Crippen molar-refractivity contribution in [3.63, 3.8) is 0 Å². The normalized spacial score (nSPS) is 25.3. The molecule has 8 heteroatoms. The molecule has 2 aliphatic rings. The molecule has 0 radical (unpaired) electrons. The lowest BCUT2D eigenvalue weighted by atomic mass is 9.99. The number of benzene rings is 2. The van der Waals surface area contributed by atoms with Gasteiger partial charge in [0.15, 0.2) is 0 Å². The van der Waals surface area contributed by atoms with Gasteiger partial charge >= 0.3 is 5.97 Å². The molecule has 3 unspecified atom stereocenters. The minimum Gasteiger partial charge on any atom is -0.507 e. The maximum atomic E-state index is 13.0. The van der Waals surface area contributed by atoms with Crippen LogP contribution in [0.25, 0.3) is 6.08 Å². The van der Waals surface area contributed by atoms with E-state index in [4.69, 9.17) is 25.9 Å². The van der Waals surface area contributed by atoms with Crippen molar-refractivity contribution in [1.29, 1.82) is 0 Å². The van der Waals surface area contributed by atoms with E-state index in [2.05, 4.69) is 5.16 Å². The number of phenols is 2. The zero-order chi connectivity index (χ0) is 24.8. The summed E-state index contributed by atoms with van der Waals surface area (Å²) in [5.74, 6) is -1.53. The maximum absolute atomic E-state index is 13.0. The Hall–Kier alpha value is -3.55. The molecule has 2 aliphatic heterocycles. The Balaban J connectivity index is 1.61. The predicted octanol–water partition coefficient (Wildman–Crippen LogP) is 5.21. The summed E-state index contributed by atoms with van der Waals surface area (Å²) in [7, 11) is 0. The van der Waals surface area contributed by atoms with Crippen molar-refractivity contribution in [2.45, 2.75) is 38.1 Å². The van der Waals surface area contributed by atoms with Gasteiger partial charge in [-0.2, -0.15) is 0 Å². The molecular weight excluding hydrogens is 470 g/mol. The lowest BCUT2D eigenvalue weighted by molar-refractivity contribution is 0.0306. The number of rotatable bonds is 4. The summed E-state index contributed by atoms with van der Waals surface area (Å²) in [6.07, 6.45) is 11.0. The molecule has 2 aromatic carbocycles. The van der Waals surface area contributed by atoms with Crippen molar-refractivity contribution in [3.05, 3.63) is 88.5 Å². The molecule has 35 heavy (non-hydrogen) atoms. The fourth-order valence-electron chi connectivity index (χ4n) is 3.76. The van der Waals surface area contributed by atoms with E-state index in [0.29, 0.717) is 12.1 Å². The molecule has 7 nitrogen and oxygen atoms in total. The van der Waals surface area contributed by atoms with Crippen LogP contribution in [-0.4, -0.2) is 46.8 Å². The quantitative estimate of drug-likeness (QED) is 0.261. The lowest BCUT2D eigenvalue weighted by Gasteiger charge is -2.17. The summed E-state index contributed by atoms with van der Waals surface area (Å²) in [6.45, 7) is 1.97. The molecule has 0 amide bonds. The van der Waals surface area contributed by atoms with Crippen LogP contribution in [0.1, 0.15) is 34.8 Å². The third-order valence-corrected chi connectivity index (χ3v) is 5.96. The molecule has 2 heterocycles. The van der Waals surface area contributed by atoms with E-state index in [9.17, 15) is 15.0 Å². The number of halogens is 1. The van der Waals surface area contributed by atoms with Crippen LogP contribution in [0.4, 0.5) is 0 Å². The van der Waals surface area contributed by atoms with E-state index in [-0.39, 0.29) is 47.1 Å². The molecule has 0 aromatic heterocycles. The van der Waals surface area contributed by atoms with Crippen LogP contribution in [0.5, 0.6) is 11.5 Å². The molecule has 1 fully saturated rings. The average Bonchev–Trinajstić information content (AvgIpc) is 3.56. The number of oxime groups is 1. The maximum Gasteiger partial charge on any atom is 0.342 e. The topological polar surface area (TPSA) is 101 Å². The highest BCUT2D eigenvalue weighted by Crippen LogP contribution is 2.38. The van der Waals surface area contributed by atoms with Crippen molar-refractivity contribution in [2.75, 3.05) is 6.61 Å². The number of fused-ring (bicyclic) bond motifs is 2. The fraction of sp³-hybridized carbons (Fsp3) is 0.259. The first-order valence-electron chi connectivity index (χ1n) is 11.3. The fourth-order valence-corrected chi connectivity index (χ4v) is 3.98. The largest absolute Gasteiger partial charge is 0.507 e. The van der Waals surface area contributed by atoms with Crippen LogP contribution in [0.2, 0.25) is 5.02 Å². The smallest absolute Gasteiger partial charge is 0.342 e. The Morgan fingerprint density at radius 1 is 1.20 bits per heavy atom. The zero-order valence-electron chi connectivity index (χ0n) is 19.1. The SMILES string of the molecule is CC1CC2OC2/C=C/C=C/C(=N\OC/C=C/c2ccccc2)Cc2c(Cl)c(O)cc(O)c2C(=O)O1. The molecule has 0 aliphatic carbocycles. The number of allylic oxidation sites excluding steroid dienone is 3. The van der Waals surface area contributed by atoms with Gasteiger partial charge in [0, 0.05) is 18.9 Å². The number of ether oxygens (including phenoxy) is 2. The number of cyclic esters (lactones) is 1. The van der Waals surface area contributed by atoms with Crippen LogP contribution in [-0.2, 0) is 20.7 Å². The second kappa shape index (κ2) is 11.3. The summed E-state index contributed by atoms with van der Waals surface area (Å²) in [4.78, 5) is 18.4. The summed E-state index contributed by atoms with van der Waals surface area (Å²) in [5, 5.41) is 24.8. The van der Waals surface area contributed by atoms with Gasteiger partial charge in [0.25, 0.3) is 0 Å². The standard InChI is InChI=1S/C27H26ClNO6/c1-17-14-24-23(35-24)12-6-5-11-19(29-33-13-7-10-18-8-3-2-4-9-18)15-20-25(27(32)34-17)21(30)16-22(31)26(20)28/h2-12,16-17,23-24,30-31H,13-15H2,1H3/b10-7+,11-5+,12-6+,29-19+. The van der Waals surface area contributed by atoms with E-state index in [1.165, 1.54) is 0 Å². The van der Waals surface area contributed by atoms with Crippen LogP contribution in [0.15, 0.2) is 71.9 Å². The number of carbonyl (C=O) groups is 1. The second-order valence-corrected chi connectivity index (χ2v) is 8.66. The summed E-state index contributed by atoms with van der Waals surface area (Å²) >= 11 is 6.35. The highest BCUT2D eigenvalue weighted by molar-refractivity contribution is 6.33. The van der Waals surface area contributed by atoms with Crippen LogP contribution in [0, 0.1) is 0 Å². The first-order chi connectivity index (χ1) is 16.9. The van der Waals surface area contributed by atoms with Crippen molar-refractivity contribution >= 4 is 29.4 Å². The Bertz CT molecular complexity index is 1190. The molecule has 0 bridgehead atoms. The number of aromatic hydroxyl groups is 2. The molecule has 182 valence electrons. The lowest BCUT2D eigenvalue weighted by Crippen LogP contribution is -2.19. The summed E-state index contributed by atoms with van der Waals surface area (Å²) < 4.78 is 11.1. The number of nitrogens with zero attached hydrogens (tertiary/aromatic N) is 1. The second-order valence-electron chi connectivity index (χ2n) is 8.29. The summed E-state index contributed by atoms with van der Waals surface area (Å²) in [6, 6.07) is 10.8. The van der Waals surface area contributed by atoms with Gasteiger partial charge in [0.05, 0.1) is 16.8 Å². The molecular formula is C27H26ClNO6. The van der Waals surface area contributed by atoms with E-state index < -0.39 is 17.8 Å². The van der Waals surface area contributed by atoms with Gasteiger partial charge in [-0.1, -0.05) is 71.4 Å². The predicted molar refractivity (Wildman–Crippen MR) is 134 cm³/mol. The number of hydrogen-bond acceptors (Lipinski definition) is 7. The Morgan fingerprint density at radius 2 is 2.00 bits per heavy atom. The van der Waals surface area contributed by atoms with Crippen molar-refractivity contribution in [1.82, 2.24) is 0 Å². The number of epoxide rings is 1. The number of carbonyl (C=O) groups excluding carboxylic acids is 1. The third kappa shape index (κ3) is 6.53. The third-order valence-electron chi connectivity index (χ3n) is 5.54. The molecule has 2 N–H and O–H groups in total. The number of hydrogen-bond donors (Lipinski definition) is 2. The van der Waals surface area contributed by atoms with Crippen molar-refractivity contribution < 1.29 is 29.3 Å². The van der Waals surface area contributed by atoms with Crippen LogP contribution < -0.4 is 0 Å². The molecule has 0 saturated carbocycles. The first-order valence-corrected chi connectivity index (χ1v) is 11.6. The minimum absolute atomic E-state index is 0.00883. The Kier molecular flexibility index (Phi) is 7.90. The number of phenolic OH excluding ortho intramolecular Hbond substituents is 2. The first kappa shape index (κ1) is 24.6. The summed E-state index contributed by atoms with van der Waals surface area (Å²) in [5.41, 5.74) is 1.52. The Morgan fingerprint density at radius 3 is 2.80 bits per heavy atom. The van der Waals surface area contributed by atoms with E-state index in [1.807, 2.05) is 54.6 Å². The van der Waals surface area contributed by atoms with Gasteiger partial charge in [0.2, 0.25) is 0 Å². The highest BCUT2D eigenvalue weighted by Gasteiger charge is 2.38. The Labute approximate surface area is 208 Å². The molecule has 3 atom stereocenters. The van der Waals surface area contributed by atoms with Gasteiger partial charge < -0.3 is 24.5 Å². The molecule has 2 aromatic rings. The van der Waals surface area contributed by atoms with Gasteiger partial charge in [0.1, 0.15) is 35.9 Å². The van der Waals surface area contributed by atoms with E-state index in [1.54, 1.807) is 19.1 Å². The van der Waals surface area contributed by atoms with Crippen LogP contribution >= 0.6 is 11.6 Å². The van der Waals surface area contributed by atoms with Gasteiger partial charge in [-0.25, -0.2) is 4.79 Å². The average molecular weight is 496 g/mol.